The molecule has 1 aromatic rings. The molecule has 1 fully saturated rings. The molecule has 0 N–H and O–H groups in total. The van der Waals surface area contributed by atoms with Crippen molar-refractivity contribution in [3.63, 3.8) is 0 Å². The van der Waals surface area contributed by atoms with Gasteiger partial charge in [-0.1, -0.05) is 19.1 Å². The van der Waals surface area contributed by atoms with Crippen LogP contribution in [-0.2, 0) is 0 Å². The van der Waals surface area contributed by atoms with E-state index in [1.54, 1.807) is 0 Å². The summed E-state index contributed by atoms with van der Waals surface area (Å²) in [6.45, 7) is 1.92. The normalized spacial score (nSPS) is 19.3. The summed E-state index contributed by atoms with van der Waals surface area (Å²) in [7, 11) is 2.11. The molecule has 0 amide bonds. The average molecular weight is 249 g/mol. The molecular formula is C14H19NOS. The van der Waals surface area contributed by atoms with Crippen LogP contribution in [0.3, 0.4) is 0 Å². The number of anilines is 1. The third kappa shape index (κ3) is 2.65. The fourth-order valence-corrected chi connectivity index (χ4v) is 3.50. The number of ketones is 1. The summed E-state index contributed by atoms with van der Waals surface area (Å²) >= 11 is 2.00. The molecule has 1 saturated heterocycles. The predicted octanol–water partition coefficient (Wildman–Crippen LogP) is 3.22. The van der Waals surface area contributed by atoms with Crippen LogP contribution >= 0.6 is 11.8 Å². The van der Waals surface area contributed by atoms with Crippen molar-refractivity contribution in [3.8, 4) is 0 Å². The van der Waals surface area contributed by atoms with E-state index in [4.69, 9.17) is 0 Å². The number of nitrogens with zero attached hydrogens (tertiary/aromatic N) is 1. The molecule has 2 rings (SSSR count). The number of thioether (sulfide) groups is 1. The van der Waals surface area contributed by atoms with Crippen LogP contribution in [-0.4, -0.2) is 30.4 Å². The molecule has 0 bridgehead atoms. The van der Waals surface area contributed by atoms with Gasteiger partial charge in [0.05, 0.1) is 0 Å². The zero-order valence-electron chi connectivity index (χ0n) is 10.5. The van der Waals surface area contributed by atoms with E-state index in [1.807, 2.05) is 36.9 Å². The van der Waals surface area contributed by atoms with Crippen LogP contribution in [0.15, 0.2) is 24.3 Å². The Bertz CT molecular complexity index is 399. The molecule has 0 saturated carbocycles. The largest absolute Gasteiger partial charge is 0.370 e. The highest BCUT2D eigenvalue weighted by atomic mass is 32.2. The van der Waals surface area contributed by atoms with Gasteiger partial charge in [-0.15, -0.1) is 0 Å². The second-order valence-electron chi connectivity index (χ2n) is 4.42. The number of carbonyl (C=O) groups is 1. The highest BCUT2D eigenvalue weighted by Gasteiger charge is 2.22. The lowest BCUT2D eigenvalue weighted by atomic mass is 10.0. The van der Waals surface area contributed by atoms with Crippen LogP contribution in [0.5, 0.6) is 0 Å². The first kappa shape index (κ1) is 12.5. The summed E-state index contributed by atoms with van der Waals surface area (Å²) in [6.07, 6.45) is 1.79. The van der Waals surface area contributed by atoms with Gasteiger partial charge in [0.15, 0.2) is 5.78 Å². The topological polar surface area (TPSA) is 20.3 Å². The van der Waals surface area contributed by atoms with Crippen molar-refractivity contribution in [2.24, 2.45) is 0 Å². The van der Waals surface area contributed by atoms with Crippen LogP contribution in [0.2, 0.25) is 0 Å². The predicted molar refractivity (Wildman–Crippen MR) is 75.2 cm³/mol. The maximum atomic E-state index is 11.9. The molecule has 0 aromatic heterocycles. The molecule has 1 aliphatic rings. The molecule has 1 heterocycles. The maximum absolute atomic E-state index is 11.9. The zero-order chi connectivity index (χ0) is 12.3. The quantitative estimate of drug-likeness (QED) is 0.764. The first-order chi connectivity index (χ1) is 8.24. The summed E-state index contributed by atoms with van der Waals surface area (Å²) in [5.41, 5.74) is 1.96. The Labute approximate surface area is 107 Å². The first-order valence-electron chi connectivity index (χ1n) is 6.17. The molecule has 1 aromatic carbocycles. The van der Waals surface area contributed by atoms with Gasteiger partial charge in [0.25, 0.3) is 0 Å². The molecule has 3 heteroatoms. The van der Waals surface area contributed by atoms with Gasteiger partial charge >= 0.3 is 0 Å². The monoisotopic (exact) mass is 249 g/mol. The van der Waals surface area contributed by atoms with E-state index >= 15 is 0 Å². The Morgan fingerprint density at radius 2 is 2.24 bits per heavy atom. The van der Waals surface area contributed by atoms with Crippen LogP contribution < -0.4 is 4.90 Å². The maximum Gasteiger partial charge on any atom is 0.164 e. The molecule has 92 valence electrons. The Morgan fingerprint density at radius 1 is 1.47 bits per heavy atom. The highest BCUT2D eigenvalue weighted by Crippen LogP contribution is 2.28. The Morgan fingerprint density at radius 3 is 2.88 bits per heavy atom. The lowest BCUT2D eigenvalue weighted by molar-refractivity contribution is 0.0988. The van der Waals surface area contributed by atoms with E-state index in [9.17, 15) is 4.79 Å². The summed E-state index contributed by atoms with van der Waals surface area (Å²) in [5.74, 6) is 2.64. The average Bonchev–Trinajstić information content (AvgIpc) is 2.91. The Balaban J connectivity index is 2.27. The van der Waals surface area contributed by atoms with E-state index < -0.39 is 0 Å². The molecule has 2 nitrogen and oxygen atoms in total. The highest BCUT2D eigenvalue weighted by molar-refractivity contribution is 7.99. The number of rotatable bonds is 4. The number of hydrogen-bond acceptors (Lipinski definition) is 3. The Kier molecular flexibility index (Phi) is 4.11. The van der Waals surface area contributed by atoms with Crippen LogP contribution in [0.4, 0.5) is 5.69 Å². The van der Waals surface area contributed by atoms with Crippen LogP contribution in [0.1, 0.15) is 30.1 Å². The summed E-state index contributed by atoms with van der Waals surface area (Å²) < 4.78 is 0. The smallest absolute Gasteiger partial charge is 0.164 e. The third-order valence-corrected chi connectivity index (χ3v) is 4.50. The van der Waals surface area contributed by atoms with E-state index in [0.717, 1.165) is 11.3 Å². The van der Waals surface area contributed by atoms with E-state index in [0.29, 0.717) is 12.5 Å². The van der Waals surface area contributed by atoms with Crippen LogP contribution in [0, 0.1) is 0 Å². The standard InChI is InChI=1S/C14H19NOS/c1-3-14(16)12-6-4-5-7-13(12)15(2)11-8-9-17-10-11/h4-7,11H,3,8-10H2,1-2H3. The number of benzene rings is 1. The van der Waals surface area contributed by atoms with Crippen molar-refractivity contribution in [2.45, 2.75) is 25.8 Å². The molecular weight excluding hydrogens is 230 g/mol. The first-order valence-corrected chi connectivity index (χ1v) is 7.32. The minimum absolute atomic E-state index is 0.234. The van der Waals surface area contributed by atoms with E-state index in [1.165, 1.54) is 17.9 Å². The fraction of sp³-hybridized carbons (Fsp3) is 0.500. The lowest BCUT2D eigenvalue weighted by Crippen LogP contribution is -2.32. The minimum Gasteiger partial charge on any atom is -0.370 e. The summed E-state index contributed by atoms with van der Waals surface area (Å²) in [6, 6.07) is 8.54. The van der Waals surface area contributed by atoms with Crippen molar-refractivity contribution in [1.82, 2.24) is 0 Å². The van der Waals surface area contributed by atoms with Crippen molar-refractivity contribution >= 4 is 23.2 Å². The molecule has 1 aliphatic heterocycles. The fourth-order valence-electron chi connectivity index (χ4n) is 2.23. The number of carbonyl (C=O) groups excluding carboxylic acids is 1. The van der Waals surface area contributed by atoms with Gasteiger partial charge in [-0.3, -0.25) is 4.79 Å². The molecule has 0 radical (unpaired) electrons. The molecule has 0 spiro atoms. The van der Waals surface area contributed by atoms with Gasteiger partial charge in [0, 0.05) is 36.5 Å². The van der Waals surface area contributed by atoms with Crippen molar-refractivity contribution in [1.29, 1.82) is 0 Å². The summed E-state index contributed by atoms with van der Waals surface area (Å²) in [5, 5.41) is 0. The van der Waals surface area contributed by atoms with Crippen molar-refractivity contribution in [2.75, 3.05) is 23.5 Å². The third-order valence-electron chi connectivity index (χ3n) is 3.36. The second kappa shape index (κ2) is 5.58. The minimum atomic E-state index is 0.234. The number of Topliss-reactive ketones (excluding diaryl/α,β-unsaturated/α-hetero) is 1. The van der Waals surface area contributed by atoms with Gasteiger partial charge in [-0.25, -0.2) is 0 Å². The summed E-state index contributed by atoms with van der Waals surface area (Å²) in [4.78, 5) is 14.2. The zero-order valence-corrected chi connectivity index (χ0v) is 11.3. The SMILES string of the molecule is CCC(=O)c1ccccc1N(C)C1CCSC1. The Hall–Kier alpha value is -0.960. The van der Waals surface area contributed by atoms with Gasteiger partial charge in [0.2, 0.25) is 0 Å². The number of para-hydroxylation sites is 1. The van der Waals surface area contributed by atoms with Crippen LogP contribution in [0.25, 0.3) is 0 Å². The molecule has 1 unspecified atom stereocenters. The van der Waals surface area contributed by atoms with E-state index in [2.05, 4.69) is 18.0 Å². The van der Waals surface area contributed by atoms with Crippen molar-refractivity contribution in [3.05, 3.63) is 29.8 Å². The molecule has 17 heavy (non-hydrogen) atoms. The van der Waals surface area contributed by atoms with Crippen molar-refractivity contribution < 1.29 is 4.79 Å². The van der Waals surface area contributed by atoms with E-state index in [-0.39, 0.29) is 5.78 Å². The van der Waals surface area contributed by atoms with Gasteiger partial charge < -0.3 is 4.90 Å². The van der Waals surface area contributed by atoms with Gasteiger partial charge in [0.1, 0.15) is 0 Å². The van der Waals surface area contributed by atoms with Gasteiger partial charge in [-0.2, -0.15) is 11.8 Å². The van der Waals surface area contributed by atoms with Gasteiger partial charge in [-0.05, 0) is 24.3 Å². The molecule has 1 atom stereocenters. The molecule has 0 aliphatic carbocycles. The lowest BCUT2D eigenvalue weighted by Gasteiger charge is -2.27. The second-order valence-corrected chi connectivity index (χ2v) is 5.57. The number of hydrogen-bond donors (Lipinski definition) is 0.